The van der Waals surface area contributed by atoms with Crippen molar-refractivity contribution in [2.45, 2.75) is 19.9 Å². The topological polar surface area (TPSA) is 72.8 Å². The van der Waals surface area contributed by atoms with E-state index in [4.69, 9.17) is 10.2 Å². The summed E-state index contributed by atoms with van der Waals surface area (Å²) in [5.74, 6) is 0. The van der Waals surface area contributed by atoms with Gasteiger partial charge in [-0.15, -0.1) is 0 Å². The molecule has 0 aliphatic carbocycles. The van der Waals surface area contributed by atoms with E-state index in [9.17, 15) is 4.79 Å². The first-order valence-electron chi connectivity index (χ1n) is 4.78. The summed E-state index contributed by atoms with van der Waals surface area (Å²) in [5.41, 5.74) is -0.615. The van der Waals surface area contributed by atoms with Crippen LogP contribution in [0.25, 0.3) is 0 Å². The van der Waals surface area contributed by atoms with Crippen LogP contribution < -0.4 is 5.32 Å². The molecule has 0 aromatic rings. The Hall–Kier alpha value is -0.810. The standard InChI is InChI=1S/C9H18N2O3/c1-7-3-10-8(14)11(7)4-9(2,5-12)6-13/h7,12-13H,3-6H2,1-2H3,(H,10,14). The minimum Gasteiger partial charge on any atom is -0.396 e. The van der Waals surface area contributed by atoms with Gasteiger partial charge in [0.1, 0.15) is 0 Å². The normalized spacial score (nSPS) is 22.7. The maximum atomic E-state index is 11.3. The van der Waals surface area contributed by atoms with Crippen LogP contribution >= 0.6 is 0 Å². The Morgan fingerprint density at radius 3 is 2.50 bits per heavy atom. The lowest BCUT2D eigenvalue weighted by Gasteiger charge is -2.31. The first-order valence-corrected chi connectivity index (χ1v) is 4.78. The van der Waals surface area contributed by atoms with Crippen molar-refractivity contribution in [3.05, 3.63) is 0 Å². The van der Waals surface area contributed by atoms with Gasteiger partial charge in [-0.1, -0.05) is 6.92 Å². The van der Waals surface area contributed by atoms with E-state index in [-0.39, 0.29) is 25.3 Å². The van der Waals surface area contributed by atoms with Crippen LogP contribution in [0, 0.1) is 5.41 Å². The largest absolute Gasteiger partial charge is 0.396 e. The van der Waals surface area contributed by atoms with Crippen molar-refractivity contribution in [2.75, 3.05) is 26.3 Å². The SMILES string of the molecule is CC1CNC(=O)N1CC(C)(CO)CO. The smallest absolute Gasteiger partial charge is 0.317 e. The molecule has 14 heavy (non-hydrogen) atoms. The molecule has 0 aromatic heterocycles. The Labute approximate surface area is 83.7 Å². The number of aliphatic hydroxyl groups excluding tert-OH is 2. The van der Waals surface area contributed by atoms with Crippen molar-refractivity contribution in [1.82, 2.24) is 10.2 Å². The third-order valence-electron chi connectivity index (χ3n) is 2.66. The second kappa shape index (κ2) is 4.14. The molecule has 1 heterocycles. The molecule has 1 fully saturated rings. The van der Waals surface area contributed by atoms with Crippen LogP contribution in [-0.2, 0) is 0 Å². The Bertz CT molecular complexity index is 216. The van der Waals surface area contributed by atoms with Gasteiger partial charge in [0.2, 0.25) is 0 Å². The average molecular weight is 202 g/mol. The molecule has 5 heteroatoms. The zero-order valence-electron chi connectivity index (χ0n) is 8.66. The second-order valence-electron chi connectivity index (χ2n) is 4.29. The highest BCUT2D eigenvalue weighted by atomic mass is 16.3. The summed E-state index contributed by atoms with van der Waals surface area (Å²) >= 11 is 0. The summed E-state index contributed by atoms with van der Waals surface area (Å²) in [6.45, 7) is 4.46. The third-order valence-corrected chi connectivity index (χ3v) is 2.66. The van der Waals surface area contributed by atoms with Gasteiger partial charge in [0.05, 0.1) is 13.2 Å². The fourth-order valence-electron chi connectivity index (χ4n) is 1.44. The van der Waals surface area contributed by atoms with Crippen LogP contribution in [0.5, 0.6) is 0 Å². The van der Waals surface area contributed by atoms with Gasteiger partial charge in [0, 0.05) is 24.5 Å². The third kappa shape index (κ3) is 2.16. The van der Waals surface area contributed by atoms with E-state index >= 15 is 0 Å². The highest BCUT2D eigenvalue weighted by Crippen LogP contribution is 2.19. The van der Waals surface area contributed by atoms with Crippen LogP contribution in [0.4, 0.5) is 4.79 Å². The van der Waals surface area contributed by atoms with E-state index in [1.165, 1.54) is 0 Å². The van der Waals surface area contributed by atoms with E-state index < -0.39 is 5.41 Å². The van der Waals surface area contributed by atoms with E-state index in [1.807, 2.05) is 6.92 Å². The summed E-state index contributed by atoms with van der Waals surface area (Å²) in [6.07, 6.45) is 0. The number of carbonyl (C=O) groups is 1. The molecule has 1 atom stereocenters. The van der Waals surface area contributed by atoms with E-state index in [0.29, 0.717) is 13.1 Å². The van der Waals surface area contributed by atoms with Crippen LogP contribution in [0.1, 0.15) is 13.8 Å². The number of hydrogen-bond acceptors (Lipinski definition) is 3. The molecular weight excluding hydrogens is 184 g/mol. The van der Waals surface area contributed by atoms with Crippen LogP contribution in [0.15, 0.2) is 0 Å². The summed E-state index contributed by atoms with van der Waals surface area (Å²) < 4.78 is 0. The first-order chi connectivity index (χ1) is 6.52. The summed E-state index contributed by atoms with van der Waals surface area (Å²) in [4.78, 5) is 13.0. The summed E-state index contributed by atoms with van der Waals surface area (Å²) in [5, 5.41) is 20.9. The number of nitrogens with zero attached hydrogens (tertiary/aromatic N) is 1. The molecule has 2 amide bonds. The monoisotopic (exact) mass is 202 g/mol. The maximum Gasteiger partial charge on any atom is 0.317 e. The molecule has 0 radical (unpaired) electrons. The molecule has 82 valence electrons. The number of rotatable bonds is 4. The van der Waals surface area contributed by atoms with Crippen LogP contribution in [0.2, 0.25) is 0 Å². The van der Waals surface area contributed by atoms with Crippen molar-refractivity contribution in [3.8, 4) is 0 Å². The van der Waals surface area contributed by atoms with Gasteiger partial charge < -0.3 is 20.4 Å². The Morgan fingerprint density at radius 1 is 1.57 bits per heavy atom. The predicted molar refractivity (Wildman–Crippen MR) is 51.8 cm³/mol. The lowest BCUT2D eigenvalue weighted by molar-refractivity contribution is 0.0428. The second-order valence-corrected chi connectivity index (χ2v) is 4.29. The zero-order valence-corrected chi connectivity index (χ0v) is 8.66. The van der Waals surface area contributed by atoms with Gasteiger partial charge >= 0.3 is 6.03 Å². The van der Waals surface area contributed by atoms with E-state index in [2.05, 4.69) is 5.32 Å². The lowest BCUT2D eigenvalue weighted by Crippen LogP contribution is -2.44. The predicted octanol–water partition coefficient (Wildman–Crippen LogP) is -0.609. The van der Waals surface area contributed by atoms with Crippen molar-refractivity contribution >= 4 is 6.03 Å². The van der Waals surface area contributed by atoms with Crippen molar-refractivity contribution < 1.29 is 15.0 Å². The number of urea groups is 1. The van der Waals surface area contributed by atoms with Gasteiger partial charge in [-0.05, 0) is 6.92 Å². The Kier molecular flexibility index (Phi) is 3.34. The number of aliphatic hydroxyl groups is 2. The molecule has 1 aliphatic rings. The van der Waals surface area contributed by atoms with Gasteiger partial charge in [-0.3, -0.25) is 0 Å². The highest BCUT2D eigenvalue weighted by Gasteiger charge is 2.34. The van der Waals surface area contributed by atoms with Gasteiger partial charge in [-0.2, -0.15) is 0 Å². The Balaban J connectivity index is 2.62. The van der Waals surface area contributed by atoms with Gasteiger partial charge in [0.25, 0.3) is 0 Å². The van der Waals surface area contributed by atoms with Gasteiger partial charge in [-0.25, -0.2) is 4.79 Å². The first kappa shape index (κ1) is 11.3. The van der Waals surface area contributed by atoms with Crippen molar-refractivity contribution in [3.63, 3.8) is 0 Å². The quantitative estimate of drug-likeness (QED) is 0.569. The molecule has 0 spiro atoms. The molecule has 1 unspecified atom stereocenters. The van der Waals surface area contributed by atoms with Gasteiger partial charge in [0.15, 0.2) is 0 Å². The minimum atomic E-state index is -0.615. The molecule has 1 saturated heterocycles. The number of hydrogen-bond donors (Lipinski definition) is 3. The van der Waals surface area contributed by atoms with E-state index in [1.54, 1.807) is 11.8 Å². The summed E-state index contributed by atoms with van der Waals surface area (Å²) in [7, 11) is 0. The summed E-state index contributed by atoms with van der Waals surface area (Å²) in [6, 6.07) is 0.00514. The zero-order chi connectivity index (χ0) is 10.8. The molecule has 1 rings (SSSR count). The van der Waals surface area contributed by atoms with Crippen molar-refractivity contribution in [2.24, 2.45) is 5.41 Å². The van der Waals surface area contributed by atoms with Crippen LogP contribution in [-0.4, -0.2) is 53.5 Å². The molecule has 0 saturated carbocycles. The maximum absolute atomic E-state index is 11.3. The molecule has 0 bridgehead atoms. The number of nitrogens with one attached hydrogen (secondary N) is 1. The molecule has 1 aliphatic heterocycles. The fourth-order valence-corrected chi connectivity index (χ4v) is 1.44. The van der Waals surface area contributed by atoms with Crippen LogP contribution in [0.3, 0.4) is 0 Å². The average Bonchev–Trinajstić information content (AvgIpc) is 2.49. The molecule has 3 N–H and O–H groups in total. The minimum absolute atomic E-state index is 0.120. The van der Waals surface area contributed by atoms with E-state index in [0.717, 1.165) is 0 Å². The number of carbonyl (C=O) groups excluding carboxylic acids is 1. The Morgan fingerprint density at radius 2 is 2.14 bits per heavy atom. The number of amides is 2. The molecule has 0 aromatic carbocycles. The fraction of sp³-hybridized carbons (Fsp3) is 0.889. The molecular formula is C9H18N2O3. The molecule has 5 nitrogen and oxygen atoms in total. The van der Waals surface area contributed by atoms with Crippen molar-refractivity contribution in [1.29, 1.82) is 0 Å². The highest BCUT2D eigenvalue weighted by molar-refractivity contribution is 5.76. The lowest BCUT2D eigenvalue weighted by atomic mass is 9.92.